The molecule has 0 aliphatic rings. The van der Waals surface area contributed by atoms with E-state index in [0.717, 1.165) is 5.56 Å². The Labute approximate surface area is 149 Å². The lowest BCUT2D eigenvalue weighted by molar-refractivity contribution is -0.115. The number of rotatable bonds is 3. The molecule has 122 valence electrons. The Morgan fingerprint density at radius 2 is 1.62 bits per heavy atom. The highest BCUT2D eigenvalue weighted by molar-refractivity contribution is 7.80. The van der Waals surface area contributed by atoms with Crippen molar-refractivity contribution in [3.63, 3.8) is 0 Å². The van der Waals surface area contributed by atoms with E-state index in [4.69, 9.17) is 23.8 Å². The molecule has 2 amide bonds. The highest BCUT2D eigenvalue weighted by Crippen LogP contribution is 2.10. The summed E-state index contributed by atoms with van der Waals surface area (Å²) in [5.41, 5.74) is 6.17. The lowest BCUT2D eigenvalue weighted by atomic mass is 10.2. The Kier molecular flexibility index (Phi) is 6.48. The van der Waals surface area contributed by atoms with Crippen LogP contribution in [0, 0.1) is 0 Å². The zero-order valence-electron chi connectivity index (χ0n) is 12.5. The van der Waals surface area contributed by atoms with Crippen molar-refractivity contribution >= 4 is 46.8 Å². The van der Waals surface area contributed by atoms with Crippen LogP contribution in [0.1, 0.15) is 15.9 Å². The number of carbonyl (C=O) groups excluding carboxylic acids is 2. The molecule has 0 saturated carbocycles. The molecule has 0 aliphatic heterocycles. The SMILES string of the molecule is O=C(/C=C/c1ccc(Cl)cc1)NC(=S)NNC(=O)c1ccccc1. The molecular weight excluding hydrogens is 346 g/mol. The summed E-state index contributed by atoms with van der Waals surface area (Å²) in [5, 5.41) is 3.03. The van der Waals surface area contributed by atoms with Gasteiger partial charge in [-0.15, -0.1) is 0 Å². The van der Waals surface area contributed by atoms with Crippen molar-refractivity contribution in [3.05, 3.63) is 76.8 Å². The summed E-state index contributed by atoms with van der Waals surface area (Å²) in [6.07, 6.45) is 2.95. The lowest BCUT2D eigenvalue weighted by Gasteiger charge is -2.09. The molecule has 0 atom stereocenters. The summed E-state index contributed by atoms with van der Waals surface area (Å²) in [5.74, 6) is -0.777. The third-order valence-electron chi connectivity index (χ3n) is 2.86. The summed E-state index contributed by atoms with van der Waals surface area (Å²) in [7, 11) is 0. The molecule has 0 aromatic heterocycles. The van der Waals surface area contributed by atoms with E-state index in [1.807, 2.05) is 6.07 Å². The molecule has 3 N–H and O–H groups in total. The number of hydrogen-bond donors (Lipinski definition) is 3. The second-order valence-electron chi connectivity index (χ2n) is 4.65. The fourth-order valence-corrected chi connectivity index (χ4v) is 1.98. The van der Waals surface area contributed by atoms with Gasteiger partial charge in [-0.05, 0) is 48.1 Å². The molecule has 0 aliphatic carbocycles. The Bertz CT molecular complexity index is 761. The monoisotopic (exact) mass is 359 g/mol. The molecule has 0 fully saturated rings. The maximum atomic E-state index is 11.8. The smallest absolute Gasteiger partial charge is 0.269 e. The van der Waals surface area contributed by atoms with Gasteiger partial charge < -0.3 is 0 Å². The van der Waals surface area contributed by atoms with Crippen molar-refractivity contribution in [1.29, 1.82) is 0 Å². The van der Waals surface area contributed by atoms with E-state index in [1.54, 1.807) is 54.6 Å². The van der Waals surface area contributed by atoms with Gasteiger partial charge in [-0.25, -0.2) is 0 Å². The number of carbonyl (C=O) groups is 2. The van der Waals surface area contributed by atoms with Crippen molar-refractivity contribution in [2.45, 2.75) is 0 Å². The van der Waals surface area contributed by atoms with E-state index in [1.165, 1.54) is 6.08 Å². The number of nitrogens with one attached hydrogen (secondary N) is 3. The van der Waals surface area contributed by atoms with E-state index >= 15 is 0 Å². The summed E-state index contributed by atoms with van der Waals surface area (Å²) in [4.78, 5) is 23.5. The average Bonchev–Trinajstić information content (AvgIpc) is 2.60. The third-order valence-corrected chi connectivity index (χ3v) is 3.32. The van der Waals surface area contributed by atoms with Crippen LogP contribution in [0.3, 0.4) is 0 Å². The Balaban J connectivity index is 1.78. The normalized spacial score (nSPS) is 10.2. The van der Waals surface area contributed by atoms with Gasteiger partial charge in [-0.3, -0.25) is 25.8 Å². The van der Waals surface area contributed by atoms with E-state index in [-0.39, 0.29) is 11.0 Å². The largest absolute Gasteiger partial charge is 0.298 e. The number of halogens is 1. The number of hydrazine groups is 1. The number of benzene rings is 2. The second kappa shape index (κ2) is 8.81. The van der Waals surface area contributed by atoms with Crippen LogP contribution in [-0.2, 0) is 4.79 Å². The van der Waals surface area contributed by atoms with Crippen LogP contribution in [-0.4, -0.2) is 16.9 Å². The molecular formula is C17H14ClN3O2S. The van der Waals surface area contributed by atoms with Gasteiger partial charge in [0, 0.05) is 16.7 Å². The standard InChI is InChI=1S/C17H14ClN3O2S/c18-14-9-6-12(7-10-14)8-11-15(22)19-17(24)21-20-16(23)13-4-2-1-3-5-13/h1-11H,(H,20,23)(H2,19,21,22,24)/b11-8+. The molecule has 5 nitrogen and oxygen atoms in total. The Morgan fingerprint density at radius 1 is 0.958 bits per heavy atom. The van der Waals surface area contributed by atoms with Gasteiger partial charge in [-0.2, -0.15) is 0 Å². The predicted octanol–water partition coefficient (Wildman–Crippen LogP) is 2.69. The van der Waals surface area contributed by atoms with Crippen LogP contribution >= 0.6 is 23.8 Å². The van der Waals surface area contributed by atoms with Crippen molar-refractivity contribution in [3.8, 4) is 0 Å². The van der Waals surface area contributed by atoms with E-state index in [0.29, 0.717) is 10.6 Å². The first-order chi connectivity index (χ1) is 11.5. The van der Waals surface area contributed by atoms with Crippen molar-refractivity contribution < 1.29 is 9.59 Å². The summed E-state index contributed by atoms with van der Waals surface area (Å²) < 4.78 is 0. The number of hydrogen-bond acceptors (Lipinski definition) is 3. The third kappa shape index (κ3) is 5.83. The molecule has 2 rings (SSSR count). The highest BCUT2D eigenvalue weighted by atomic mass is 35.5. The Hall–Kier alpha value is -2.70. The summed E-state index contributed by atoms with van der Waals surface area (Å²) >= 11 is 10.7. The first-order valence-corrected chi connectivity index (χ1v) is 7.73. The van der Waals surface area contributed by atoms with E-state index < -0.39 is 5.91 Å². The van der Waals surface area contributed by atoms with Crippen LogP contribution in [0.5, 0.6) is 0 Å². The van der Waals surface area contributed by atoms with Crippen molar-refractivity contribution in [2.75, 3.05) is 0 Å². The fourth-order valence-electron chi connectivity index (χ4n) is 1.71. The number of thiocarbonyl (C=S) groups is 1. The minimum Gasteiger partial charge on any atom is -0.298 e. The molecule has 0 radical (unpaired) electrons. The van der Waals surface area contributed by atoms with Crippen molar-refractivity contribution in [2.24, 2.45) is 0 Å². The zero-order valence-corrected chi connectivity index (χ0v) is 14.0. The quantitative estimate of drug-likeness (QED) is 0.447. The van der Waals surface area contributed by atoms with Gasteiger partial charge in [0.15, 0.2) is 5.11 Å². The molecule has 24 heavy (non-hydrogen) atoms. The fraction of sp³-hybridized carbons (Fsp3) is 0. The first-order valence-electron chi connectivity index (χ1n) is 6.94. The van der Waals surface area contributed by atoms with Crippen LogP contribution in [0.15, 0.2) is 60.7 Å². The predicted molar refractivity (Wildman–Crippen MR) is 98.3 cm³/mol. The zero-order chi connectivity index (χ0) is 17.4. The molecule has 0 bridgehead atoms. The van der Waals surface area contributed by atoms with Gasteiger partial charge in [0.2, 0.25) is 5.91 Å². The van der Waals surface area contributed by atoms with Crippen LogP contribution < -0.4 is 16.2 Å². The lowest BCUT2D eigenvalue weighted by Crippen LogP contribution is -2.48. The summed E-state index contributed by atoms with van der Waals surface area (Å²) in [6, 6.07) is 15.6. The molecule has 2 aromatic rings. The number of amides is 2. The Morgan fingerprint density at radius 3 is 2.29 bits per heavy atom. The summed E-state index contributed by atoms with van der Waals surface area (Å²) in [6.45, 7) is 0. The maximum absolute atomic E-state index is 11.8. The van der Waals surface area contributed by atoms with Crippen LogP contribution in [0.2, 0.25) is 5.02 Å². The van der Waals surface area contributed by atoms with Crippen molar-refractivity contribution in [1.82, 2.24) is 16.2 Å². The van der Waals surface area contributed by atoms with E-state index in [9.17, 15) is 9.59 Å². The molecule has 7 heteroatoms. The van der Waals surface area contributed by atoms with Gasteiger partial charge in [0.1, 0.15) is 0 Å². The van der Waals surface area contributed by atoms with Crippen LogP contribution in [0.25, 0.3) is 6.08 Å². The minimum absolute atomic E-state index is 0.00922. The highest BCUT2D eigenvalue weighted by Gasteiger charge is 2.05. The van der Waals surface area contributed by atoms with Gasteiger partial charge in [0.05, 0.1) is 0 Å². The first kappa shape index (κ1) is 17.7. The molecule has 0 heterocycles. The molecule has 0 saturated heterocycles. The maximum Gasteiger partial charge on any atom is 0.269 e. The topological polar surface area (TPSA) is 70.2 Å². The van der Waals surface area contributed by atoms with Crippen LogP contribution in [0.4, 0.5) is 0 Å². The average molecular weight is 360 g/mol. The molecule has 2 aromatic carbocycles. The molecule has 0 spiro atoms. The van der Waals surface area contributed by atoms with E-state index in [2.05, 4.69) is 16.2 Å². The van der Waals surface area contributed by atoms with Gasteiger partial charge in [0.25, 0.3) is 5.91 Å². The van der Waals surface area contributed by atoms with Gasteiger partial charge in [-0.1, -0.05) is 41.9 Å². The second-order valence-corrected chi connectivity index (χ2v) is 5.49. The van der Waals surface area contributed by atoms with Gasteiger partial charge >= 0.3 is 0 Å². The minimum atomic E-state index is -0.420. The molecule has 0 unspecified atom stereocenters.